The van der Waals surface area contributed by atoms with Gasteiger partial charge in [0.15, 0.2) is 5.76 Å². The number of hydrogen-bond acceptors (Lipinski definition) is 6. The second-order valence-electron chi connectivity index (χ2n) is 5.34. The molecule has 2 heterocycles. The van der Waals surface area contributed by atoms with Crippen molar-refractivity contribution in [1.82, 2.24) is 15.0 Å². The molecule has 0 spiro atoms. The second-order valence-corrected chi connectivity index (χ2v) is 5.78. The van der Waals surface area contributed by atoms with Crippen LogP contribution in [-0.4, -0.2) is 15.0 Å². The van der Waals surface area contributed by atoms with E-state index in [1.54, 1.807) is 36.5 Å². The van der Waals surface area contributed by atoms with Crippen molar-refractivity contribution < 1.29 is 4.42 Å². The predicted octanol–water partition coefficient (Wildman–Crippen LogP) is 3.56. The maximum Gasteiger partial charge on any atom is 0.299 e. The Balaban J connectivity index is 1.63. The summed E-state index contributed by atoms with van der Waals surface area (Å²) in [6.07, 6.45) is 1.61. The molecule has 124 valence electrons. The van der Waals surface area contributed by atoms with Crippen LogP contribution in [0.15, 0.2) is 57.9 Å². The van der Waals surface area contributed by atoms with E-state index in [1.807, 2.05) is 12.1 Å². The summed E-state index contributed by atoms with van der Waals surface area (Å²) in [5.41, 5.74) is 7.26. The third kappa shape index (κ3) is 3.05. The number of rotatable bonds is 3. The Bertz CT molecular complexity index is 1120. The van der Waals surface area contributed by atoms with E-state index in [2.05, 4.69) is 20.3 Å². The highest BCUT2D eigenvalue weighted by molar-refractivity contribution is 6.30. The van der Waals surface area contributed by atoms with E-state index < -0.39 is 0 Å². The molecule has 7 nitrogen and oxygen atoms in total. The number of aromatic amines is 1. The fraction of sp³-hybridized carbons (Fsp3) is 0. The number of H-pyrrole nitrogens is 1. The van der Waals surface area contributed by atoms with Gasteiger partial charge in [-0.2, -0.15) is 0 Å². The number of fused-ring (bicyclic) bond motifs is 1. The van der Waals surface area contributed by atoms with Gasteiger partial charge in [-0.1, -0.05) is 11.6 Å². The van der Waals surface area contributed by atoms with E-state index in [-0.39, 0.29) is 11.5 Å². The highest BCUT2D eigenvalue weighted by Gasteiger charge is 2.08. The number of oxazole rings is 1. The Kier molecular flexibility index (Phi) is 3.62. The van der Waals surface area contributed by atoms with Gasteiger partial charge >= 0.3 is 0 Å². The van der Waals surface area contributed by atoms with Crippen molar-refractivity contribution in [2.75, 3.05) is 11.1 Å². The lowest BCUT2D eigenvalue weighted by Crippen LogP contribution is -2.11. The van der Waals surface area contributed by atoms with E-state index in [0.717, 1.165) is 5.56 Å². The van der Waals surface area contributed by atoms with Gasteiger partial charge in [-0.15, -0.1) is 0 Å². The highest BCUT2D eigenvalue weighted by atomic mass is 35.5. The van der Waals surface area contributed by atoms with Gasteiger partial charge in [0.1, 0.15) is 0 Å². The van der Waals surface area contributed by atoms with Crippen molar-refractivity contribution in [2.24, 2.45) is 0 Å². The Hall–Kier alpha value is -3.32. The van der Waals surface area contributed by atoms with Crippen molar-refractivity contribution in [3.05, 3.63) is 64.0 Å². The summed E-state index contributed by atoms with van der Waals surface area (Å²) in [5.74, 6) is 0.686. The van der Waals surface area contributed by atoms with Crippen LogP contribution in [0, 0.1) is 0 Å². The Labute approximate surface area is 146 Å². The number of nitrogen functional groups attached to an aromatic ring is 1. The Morgan fingerprint density at radius 3 is 2.76 bits per heavy atom. The third-order valence-corrected chi connectivity index (χ3v) is 3.86. The molecule has 0 amide bonds. The number of aromatic nitrogens is 3. The van der Waals surface area contributed by atoms with Crippen LogP contribution in [0.1, 0.15) is 0 Å². The fourth-order valence-corrected chi connectivity index (χ4v) is 2.56. The summed E-state index contributed by atoms with van der Waals surface area (Å²) in [6, 6.07) is 12.7. The summed E-state index contributed by atoms with van der Waals surface area (Å²) in [5, 5.41) is 4.09. The van der Waals surface area contributed by atoms with Crippen molar-refractivity contribution >= 4 is 40.2 Å². The molecule has 25 heavy (non-hydrogen) atoms. The molecule has 0 saturated carbocycles. The number of hydrogen-bond donors (Lipinski definition) is 3. The van der Waals surface area contributed by atoms with Crippen molar-refractivity contribution in [3.63, 3.8) is 0 Å². The number of benzene rings is 2. The molecular weight excluding hydrogens is 342 g/mol. The monoisotopic (exact) mass is 353 g/mol. The molecule has 4 rings (SSSR count). The van der Waals surface area contributed by atoms with E-state index in [0.29, 0.717) is 33.4 Å². The smallest absolute Gasteiger partial charge is 0.299 e. The number of halogens is 1. The average Bonchev–Trinajstić information content (AvgIpc) is 3.04. The molecule has 2 aromatic carbocycles. The number of nitrogens with zero attached hydrogens (tertiary/aromatic N) is 2. The summed E-state index contributed by atoms with van der Waals surface area (Å²) in [7, 11) is 0. The molecule has 0 radical (unpaired) electrons. The Morgan fingerprint density at radius 1 is 1.16 bits per heavy atom. The molecule has 0 fully saturated rings. The van der Waals surface area contributed by atoms with Gasteiger partial charge in [-0.3, -0.25) is 9.78 Å². The molecule has 4 aromatic rings. The molecule has 4 N–H and O–H groups in total. The van der Waals surface area contributed by atoms with Gasteiger partial charge < -0.3 is 15.5 Å². The number of nitrogens with two attached hydrogens (primary N) is 1. The molecule has 8 heteroatoms. The van der Waals surface area contributed by atoms with E-state index >= 15 is 0 Å². The minimum atomic E-state index is -0.305. The summed E-state index contributed by atoms with van der Waals surface area (Å²) < 4.78 is 5.69. The Morgan fingerprint density at radius 2 is 1.96 bits per heavy atom. The zero-order valence-corrected chi connectivity index (χ0v) is 13.5. The first-order chi connectivity index (χ1) is 12.1. The topological polar surface area (TPSA) is 110 Å². The van der Waals surface area contributed by atoms with Gasteiger partial charge in [-0.05, 0) is 42.5 Å². The molecule has 0 atom stereocenters. The standard InChI is InChI=1S/C17H12ClN5O2/c18-10-3-1-9(2-4-10)14-8-20-17(25-14)21-11-5-6-13-12(7-11)15(24)23-16(19)22-13/h1-8H,(H,20,21)(H3,19,22,23,24). The van der Waals surface area contributed by atoms with Crippen molar-refractivity contribution in [3.8, 4) is 11.3 Å². The molecule has 0 aliphatic carbocycles. The largest absolute Gasteiger partial charge is 0.423 e. The molecule has 2 aromatic heterocycles. The molecule has 0 bridgehead atoms. The second kappa shape index (κ2) is 5.95. The van der Waals surface area contributed by atoms with E-state index in [4.69, 9.17) is 21.8 Å². The van der Waals surface area contributed by atoms with Gasteiger partial charge in [0.2, 0.25) is 5.95 Å². The zero-order chi connectivity index (χ0) is 17.4. The molecular formula is C17H12ClN5O2. The van der Waals surface area contributed by atoms with Crippen LogP contribution in [0.25, 0.3) is 22.2 Å². The average molecular weight is 354 g/mol. The molecule has 0 aliphatic rings. The maximum atomic E-state index is 12.0. The summed E-state index contributed by atoms with van der Waals surface area (Å²) >= 11 is 5.88. The van der Waals surface area contributed by atoms with Gasteiger partial charge in [-0.25, -0.2) is 9.97 Å². The van der Waals surface area contributed by atoms with Gasteiger partial charge in [0.05, 0.1) is 17.1 Å². The van der Waals surface area contributed by atoms with Crippen LogP contribution in [0.3, 0.4) is 0 Å². The van der Waals surface area contributed by atoms with Gasteiger partial charge in [0.25, 0.3) is 11.6 Å². The predicted molar refractivity (Wildman–Crippen MR) is 97.0 cm³/mol. The molecule has 0 unspecified atom stereocenters. The first-order valence-electron chi connectivity index (χ1n) is 7.37. The first-order valence-corrected chi connectivity index (χ1v) is 7.75. The normalized spacial score (nSPS) is 10.9. The number of anilines is 3. The number of nitrogens with one attached hydrogen (secondary N) is 2. The zero-order valence-electron chi connectivity index (χ0n) is 12.8. The third-order valence-electron chi connectivity index (χ3n) is 3.61. The van der Waals surface area contributed by atoms with Crippen LogP contribution in [0.4, 0.5) is 17.7 Å². The van der Waals surface area contributed by atoms with Crippen LogP contribution < -0.4 is 16.6 Å². The molecule has 0 aliphatic heterocycles. The van der Waals surface area contributed by atoms with Gasteiger partial charge in [0, 0.05) is 16.3 Å². The van der Waals surface area contributed by atoms with Crippen molar-refractivity contribution in [1.29, 1.82) is 0 Å². The first kappa shape index (κ1) is 15.2. The van der Waals surface area contributed by atoms with Crippen LogP contribution in [-0.2, 0) is 0 Å². The van der Waals surface area contributed by atoms with E-state index in [1.165, 1.54) is 0 Å². The van der Waals surface area contributed by atoms with Crippen LogP contribution >= 0.6 is 11.6 Å². The van der Waals surface area contributed by atoms with Crippen molar-refractivity contribution in [2.45, 2.75) is 0 Å². The SMILES string of the molecule is Nc1nc2ccc(Nc3ncc(-c4ccc(Cl)cc4)o3)cc2c(=O)[nH]1. The fourth-order valence-electron chi connectivity index (χ4n) is 2.44. The quantitative estimate of drug-likeness (QED) is 0.519. The van der Waals surface area contributed by atoms with E-state index in [9.17, 15) is 4.79 Å². The minimum absolute atomic E-state index is 0.0820. The lowest BCUT2D eigenvalue weighted by Gasteiger charge is -2.04. The minimum Gasteiger partial charge on any atom is -0.423 e. The summed E-state index contributed by atoms with van der Waals surface area (Å²) in [4.78, 5) is 22.7. The van der Waals surface area contributed by atoms with Crippen LogP contribution in [0.5, 0.6) is 0 Å². The highest BCUT2D eigenvalue weighted by Crippen LogP contribution is 2.26. The summed E-state index contributed by atoms with van der Waals surface area (Å²) in [6.45, 7) is 0. The maximum absolute atomic E-state index is 12.0. The lowest BCUT2D eigenvalue weighted by atomic mass is 10.2. The molecule has 0 saturated heterocycles. The lowest BCUT2D eigenvalue weighted by molar-refractivity contribution is 0.592. The van der Waals surface area contributed by atoms with Crippen LogP contribution in [0.2, 0.25) is 5.02 Å².